The van der Waals surface area contributed by atoms with Crippen LogP contribution in [-0.2, 0) is 29.9 Å². The fourth-order valence-corrected chi connectivity index (χ4v) is 3.67. The van der Waals surface area contributed by atoms with Crippen molar-refractivity contribution in [3.8, 4) is 0 Å². The maximum absolute atomic E-state index is 11.6. The molecule has 0 bridgehead atoms. The predicted molar refractivity (Wildman–Crippen MR) is 113 cm³/mol. The van der Waals surface area contributed by atoms with Crippen molar-refractivity contribution in [3.05, 3.63) is 46.8 Å². The van der Waals surface area contributed by atoms with E-state index in [0.717, 1.165) is 30.2 Å². The molecule has 1 atom stereocenters. The van der Waals surface area contributed by atoms with E-state index in [4.69, 9.17) is 0 Å². The molecular weight excluding hydrogens is 374 g/mol. The number of sulfone groups is 1. The second kappa shape index (κ2) is 9.23. The molecule has 1 heterocycles. The van der Waals surface area contributed by atoms with Gasteiger partial charge in [-0.3, -0.25) is 4.68 Å². The summed E-state index contributed by atoms with van der Waals surface area (Å²) in [6.07, 6.45) is 2.07. The average molecular weight is 406 g/mol. The van der Waals surface area contributed by atoms with Gasteiger partial charge in [0.05, 0.1) is 17.1 Å². The SMILES string of the molecule is CCNC(=NCc1ccc(S(C)(=O)=O)cc1)NC(C)Cc1c(C)nn(C)c1C. The first-order chi connectivity index (χ1) is 13.1. The highest BCUT2D eigenvalue weighted by molar-refractivity contribution is 7.90. The van der Waals surface area contributed by atoms with Gasteiger partial charge in [-0.1, -0.05) is 12.1 Å². The molecule has 0 saturated carbocycles. The molecule has 1 aromatic carbocycles. The fraction of sp³-hybridized carbons (Fsp3) is 0.500. The van der Waals surface area contributed by atoms with Crippen molar-refractivity contribution in [2.24, 2.45) is 12.0 Å². The Morgan fingerprint density at radius 2 is 1.89 bits per heavy atom. The Morgan fingerprint density at radius 3 is 2.39 bits per heavy atom. The van der Waals surface area contributed by atoms with Crippen molar-refractivity contribution in [1.29, 1.82) is 0 Å². The minimum atomic E-state index is -3.18. The zero-order valence-corrected chi connectivity index (χ0v) is 18.4. The molecule has 0 amide bonds. The summed E-state index contributed by atoms with van der Waals surface area (Å²) in [5.41, 5.74) is 4.45. The highest BCUT2D eigenvalue weighted by Crippen LogP contribution is 2.14. The van der Waals surface area contributed by atoms with Crippen LogP contribution in [-0.4, -0.2) is 43.0 Å². The number of nitrogens with one attached hydrogen (secondary N) is 2. The van der Waals surface area contributed by atoms with E-state index < -0.39 is 9.84 Å². The van der Waals surface area contributed by atoms with Gasteiger partial charge in [0.25, 0.3) is 0 Å². The summed E-state index contributed by atoms with van der Waals surface area (Å²) >= 11 is 0. The van der Waals surface area contributed by atoms with Crippen LogP contribution in [0.3, 0.4) is 0 Å². The van der Waals surface area contributed by atoms with Crippen molar-refractivity contribution < 1.29 is 8.42 Å². The van der Waals surface area contributed by atoms with E-state index >= 15 is 0 Å². The molecule has 0 aliphatic rings. The van der Waals surface area contributed by atoms with Gasteiger partial charge in [0.15, 0.2) is 15.8 Å². The lowest BCUT2D eigenvalue weighted by Crippen LogP contribution is -2.43. The van der Waals surface area contributed by atoms with Gasteiger partial charge in [0.1, 0.15) is 0 Å². The van der Waals surface area contributed by atoms with E-state index in [1.807, 2.05) is 25.6 Å². The van der Waals surface area contributed by atoms with Crippen molar-refractivity contribution in [2.75, 3.05) is 12.8 Å². The molecule has 0 aliphatic heterocycles. The molecule has 28 heavy (non-hydrogen) atoms. The summed E-state index contributed by atoms with van der Waals surface area (Å²) in [6.45, 7) is 9.50. The van der Waals surface area contributed by atoms with Crippen LogP contribution in [0.1, 0.15) is 36.4 Å². The molecule has 0 aliphatic carbocycles. The first kappa shape index (κ1) is 21.9. The smallest absolute Gasteiger partial charge is 0.191 e. The zero-order chi connectivity index (χ0) is 20.9. The summed E-state index contributed by atoms with van der Waals surface area (Å²) in [5.74, 6) is 0.737. The number of hydrogen-bond donors (Lipinski definition) is 2. The normalized spacial score (nSPS) is 13.4. The van der Waals surface area contributed by atoms with Crippen LogP contribution in [0.15, 0.2) is 34.2 Å². The number of nitrogens with zero attached hydrogens (tertiary/aromatic N) is 3. The molecule has 1 aromatic heterocycles. The lowest BCUT2D eigenvalue weighted by Gasteiger charge is -2.18. The molecule has 7 nitrogen and oxygen atoms in total. The van der Waals surface area contributed by atoms with E-state index in [0.29, 0.717) is 11.4 Å². The van der Waals surface area contributed by atoms with E-state index in [9.17, 15) is 8.42 Å². The lowest BCUT2D eigenvalue weighted by molar-refractivity contribution is 0.602. The highest BCUT2D eigenvalue weighted by atomic mass is 32.2. The Labute approximate surface area is 168 Å². The second-order valence-corrected chi connectivity index (χ2v) is 9.15. The van der Waals surface area contributed by atoms with Gasteiger partial charge in [0, 0.05) is 31.6 Å². The zero-order valence-electron chi connectivity index (χ0n) is 17.6. The maximum atomic E-state index is 11.6. The van der Waals surface area contributed by atoms with E-state index in [2.05, 4.69) is 34.6 Å². The van der Waals surface area contributed by atoms with Crippen LogP contribution < -0.4 is 10.6 Å². The van der Waals surface area contributed by atoms with Gasteiger partial charge in [0.2, 0.25) is 0 Å². The number of rotatable bonds is 7. The summed E-state index contributed by atoms with van der Waals surface area (Å²) in [6, 6.07) is 7.03. The van der Waals surface area contributed by atoms with E-state index in [1.165, 1.54) is 17.5 Å². The molecule has 0 fully saturated rings. The number of aryl methyl sites for hydroxylation is 2. The monoisotopic (exact) mass is 405 g/mol. The molecule has 1 unspecified atom stereocenters. The summed E-state index contributed by atoms with van der Waals surface area (Å²) in [5, 5.41) is 11.2. The standard InChI is InChI=1S/C20H31N5O2S/c1-7-21-20(22-13-17-8-10-18(11-9-17)28(6,26)27)23-14(2)12-19-15(3)24-25(5)16(19)4/h8-11,14H,7,12-13H2,1-6H3,(H2,21,22,23). The first-order valence-electron chi connectivity index (χ1n) is 9.44. The van der Waals surface area contributed by atoms with Gasteiger partial charge >= 0.3 is 0 Å². The van der Waals surface area contributed by atoms with Crippen LogP contribution in [0.2, 0.25) is 0 Å². The van der Waals surface area contributed by atoms with Crippen LogP contribution >= 0.6 is 0 Å². The van der Waals surface area contributed by atoms with E-state index in [1.54, 1.807) is 24.3 Å². The minimum absolute atomic E-state index is 0.187. The van der Waals surface area contributed by atoms with Gasteiger partial charge in [-0.15, -0.1) is 0 Å². The van der Waals surface area contributed by atoms with Crippen molar-refractivity contribution in [2.45, 2.75) is 51.6 Å². The molecule has 0 spiro atoms. The number of benzene rings is 1. The molecule has 0 radical (unpaired) electrons. The molecule has 2 aromatic rings. The summed E-state index contributed by atoms with van der Waals surface area (Å²) < 4.78 is 25.0. The fourth-order valence-electron chi connectivity index (χ4n) is 3.04. The number of aliphatic imine (C=N–C) groups is 1. The first-order valence-corrected chi connectivity index (χ1v) is 11.3. The molecule has 2 rings (SSSR count). The van der Waals surface area contributed by atoms with Gasteiger partial charge in [-0.25, -0.2) is 13.4 Å². The Bertz CT molecular complexity index is 930. The van der Waals surface area contributed by atoms with Crippen LogP contribution in [0.25, 0.3) is 0 Å². The number of hydrogen-bond acceptors (Lipinski definition) is 4. The summed E-state index contributed by atoms with van der Waals surface area (Å²) in [4.78, 5) is 4.95. The summed E-state index contributed by atoms with van der Waals surface area (Å²) in [7, 11) is -1.22. The average Bonchev–Trinajstić information content (AvgIpc) is 2.85. The number of aromatic nitrogens is 2. The minimum Gasteiger partial charge on any atom is -0.357 e. The molecular formula is C20H31N5O2S. The molecule has 2 N–H and O–H groups in total. The Kier molecular flexibility index (Phi) is 7.23. The van der Waals surface area contributed by atoms with E-state index in [-0.39, 0.29) is 6.04 Å². The second-order valence-electron chi connectivity index (χ2n) is 7.13. The predicted octanol–water partition coefficient (Wildman–Crippen LogP) is 2.13. The van der Waals surface area contributed by atoms with Crippen molar-refractivity contribution in [3.63, 3.8) is 0 Å². The highest BCUT2D eigenvalue weighted by Gasteiger charge is 2.14. The Hall–Kier alpha value is -2.35. The van der Waals surface area contributed by atoms with Crippen LogP contribution in [0.4, 0.5) is 0 Å². The third-order valence-corrected chi connectivity index (χ3v) is 5.80. The molecule has 154 valence electrons. The third kappa shape index (κ3) is 5.82. The van der Waals surface area contributed by atoms with Gasteiger partial charge in [-0.2, -0.15) is 5.10 Å². The van der Waals surface area contributed by atoms with Crippen LogP contribution in [0.5, 0.6) is 0 Å². The lowest BCUT2D eigenvalue weighted by atomic mass is 10.1. The van der Waals surface area contributed by atoms with Crippen LogP contribution in [0, 0.1) is 13.8 Å². The topological polar surface area (TPSA) is 88.4 Å². The Morgan fingerprint density at radius 1 is 1.25 bits per heavy atom. The largest absolute Gasteiger partial charge is 0.357 e. The van der Waals surface area contributed by atoms with Crippen molar-refractivity contribution in [1.82, 2.24) is 20.4 Å². The van der Waals surface area contributed by atoms with Crippen molar-refractivity contribution >= 4 is 15.8 Å². The third-order valence-electron chi connectivity index (χ3n) is 4.67. The van der Waals surface area contributed by atoms with Gasteiger partial charge < -0.3 is 10.6 Å². The maximum Gasteiger partial charge on any atom is 0.191 e. The quantitative estimate of drug-likeness (QED) is 0.544. The molecule has 8 heteroatoms. The number of guanidine groups is 1. The van der Waals surface area contributed by atoms with Gasteiger partial charge in [-0.05, 0) is 57.4 Å². The molecule has 0 saturated heterocycles. The Balaban J connectivity index is 2.05.